The van der Waals surface area contributed by atoms with Crippen LogP contribution in [-0.4, -0.2) is 24.3 Å². The summed E-state index contributed by atoms with van der Waals surface area (Å²) in [5, 5.41) is 8.74. The van der Waals surface area contributed by atoms with Gasteiger partial charge in [-0.15, -0.1) is 0 Å². The minimum Gasteiger partial charge on any atom is -0.508 e. The number of rotatable bonds is 7. The molecule has 1 N–H and O–H groups in total. The zero-order valence-corrected chi connectivity index (χ0v) is 13.3. The van der Waals surface area contributed by atoms with Gasteiger partial charge in [0.1, 0.15) is 24.1 Å². The second kappa shape index (κ2) is 11.0. The summed E-state index contributed by atoms with van der Waals surface area (Å²) in [6, 6.07) is 13.3. The quantitative estimate of drug-likeness (QED) is 0.612. The number of carbonyl (C=O) groups excluding carboxylic acids is 2. The summed E-state index contributed by atoms with van der Waals surface area (Å²) in [4.78, 5) is 20.4. The molecule has 0 aliphatic carbocycles. The van der Waals surface area contributed by atoms with Gasteiger partial charge in [-0.1, -0.05) is 19.8 Å². The van der Waals surface area contributed by atoms with E-state index in [1.807, 2.05) is 12.1 Å². The highest BCUT2D eigenvalue weighted by Crippen LogP contribution is 2.11. The number of hydrogen-bond acceptors (Lipinski definition) is 4. The Morgan fingerprint density at radius 3 is 1.87 bits per heavy atom. The van der Waals surface area contributed by atoms with Gasteiger partial charge in [0.15, 0.2) is 0 Å². The Labute approximate surface area is 136 Å². The number of benzene rings is 2. The molecule has 4 heteroatoms. The molecule has 0 fully saturated rings. The number of hydrogen-bond donors (Lipinski definition) is 1. The summed E-state index contributed by atoms with van der Waals surface area (Å²) in [6.45, 7) is 2.92. The molecule has 0 radical (unpaired) electrons. The lowest BCUT2D eigenvalue weighted by atomic mass is 10.2. The predicted molar refractivity (Wildman–Crippen MR) is 90.3 cm³/mol. The van der Waals surface area contributed by atoms with Crippen LogP contribution in [0.1, 0.15) is 46.9 Å². The maximum atomic E-state index is 10.4. The second-order valence-corrected chi connectivity index (χ2v) is 4.95. The van der Waals surface area contributed by atoms with Gasteiger partial charge in [0, 0.05) is 11.1 Å². The Morgan fingerprint density at radius 1 is 0.870 bits per heavy atom. The van der Waals surface area contributed by atoms with E-state index < -0.39 is 0 Å². The van der Waals surface area contributed by atoms with Gasteiger partial charge in [-0.25, -0.2) is 0 Å². The third-order valence-corrected chi connectivity index (χ3v) is 3.06. The fraction of sp³-hybridized carbons (Fsp3) is 0.263. The largest absolute Gasteiger partial charge is 0.508 e. The first-order chi connectivity index (χ1) is 11.2. The van der Waals surface area contributed by atoms with Crippen LogP contribution in [-0.2, 0) is 0 Å². The van der Waals surface area contributed by atoms with Crippen LogP contribution in [0.2, 0.25) is 0 Å². The number of aromatic hydroxyl groups is 1. The van der Waals surface area contributed by atoms with E-state index in [-0.39, 0.29) is 5.75 Å². The number of carbonyl (C=O) groups is 2. The Bertz CT molecular complexity index is 573. The van der Waals surface area contributed by atoms with Gasteiger partial charge < -0.3 is 9.84 Å². The van der Waals surface area contributed by atoms with Gasteiger partial charge in [0.25, 0.3) is 0 Å². The molecular weight excluding hydrogens is 292 g/mol. The molecule has 0 spiro atoms. The fourth-order valence-electron chi connectivity index (χ4n) is 1.74. The fourth-order valence-corrected chi connectivity index (χ4v) is 1.74. The molecule has 0 aromatic heterocycles. The first kappa shape index (κ1) is 18.4. The summed E-state index contributed by atoms with van der Waals surface area (Å²) >= 11 is 0. The molecule has 4 nitrogen and oxygen atoms in total. The van der Waals surface area contributed by atoms with Gasteiger partial charge >= 0.3 is 0 Å². The van der Waals surface area contributed by atoms with E-state index in [1.54, 1.807) is 24.3 Å². The monoisotopic (exact) mass is 314 g/mol. The van der Waals surface area contributed by atoms with Gasteiger partial charge in [-0.05, 0) is 55.0 Å². The minimum absolute atomic E-state index is 0.181. The number of unbranched alkanes of at least 4 members (excludes halogenated alkanes) is 2. The van der Waals surface area contributed by atoms with Crippen LogP contribution in [0.4, 0.5) is 0 Å². The molecule has 0 aliphatic heterocycles. The van der Waals surface area contributed by atoms with Crippen LogP contribution in [0.5, 0.6) is 11.5 Å². The average molecular weight is 314 g/mol. The second-order valence-electron chi connectivity index (χ2n) is 4.95. The molecule has 2 aromatic carbocycles. The van der Waals surface area contributed by atoms with Crippen molar-refractivity contribution in [2.45, 2.75) is 26.2 Å². The van der Waals surface area contributed by atoms with E-state index in [0.29, 0.717) is 11.1 Å². The maximum Gasteiger partial charge on any atom is 0.150 e. The van der Waals surface area contributed by atoms with Crippen molar-refractivity contribution in [3.63, 3.8) is 0 Å². The molecular formula is C19H22O4. The zero-order valence-electron chi connectivity index (χ0n) is 13.3. The summed E-state index contributed by atoms with van der Waals surface area (Å²) in [6.07, 6.45) is 5.06. The molecule has 0 saturated carbocycles. The van der Waals surface area contributed by atoms with Gasteiger partial charge in [-0.3, -0.25) is 9.59 Å². The normalized spacial score (nSPS) is 9.43. The summed E-state index contributed by atoms with van der Waals surface area (Å²) in [5.74, 6) is 1.02. The van der Waals surface area contributed by atoms with Crippen LogP contribution in [0.25, 0.3) is 0 Å². The third kappa shape index (κ3) is 7.81. The molecule has 0 bridgehead atoms. The van der Waals surface area contributed by atoms with E-state index in [0.717, 1.165) is 31.3 Å². The van der Waals surface area contributed by atoms with E-state index in [1.165, 1.54) is 25.0 Å². The van der Waals surface area contributed by atoms with E-state index in [9.17, 15) is 9.59 Å². The first-order valence-corrected chi connectivity index (χ1v) is 7.62. The van der Waals surface area contributed by atoms with Crippen LogP contribution >= 0.6 is 0 Å². The van der Waals surface area contributed by atoms with E-state index in [2.05, 4.69) is 6.92 Å². The van der Waals surface area contributed by atoms with Crippen molar-refractivity contribution in [1.82, 2.24) is 0 Å². The number of ether oxygens (including phenoxy) is 1. The average Bonchev–Trinajstić information content (AvgIpc) is 2.60. The maximum absolute atomic E-state index is 10.4. The van der Waals surface area contributed by atoms with E-state index in [4.69, 9.17) is 9.84 Å². The molecule has 0 heterocycles. The van der Waals surface area contributed by atoms with Crippen molar-refractivity contribution in [1.29, 1.82) is 0 Å². The lowest BCUT2D eigenvalue weighted by molar-refractivity contribution is 0.111. The highest BCUT2D eigenvalue weighted by atomic mass is 16.5. The van der Waals surface area contributed by atoms with Crippen molar-refractivity contribution in [2.75, 3.05) is 6.61 Å². The summed E-state index contributed by atoms with van der Waals surface area (Å²) in [5.41, 5.74) is 1.26. The molecule has 0 unspecified atom stereocenters. The summed E-state index contributed by atoms with van der Waals surface area (Å²) in [7, 11) is 0. The Balaban J connectivity index is 0.000000253. The molecule has 2 rings (SSSR count). The molecule has 0 saturated heterocycles. The van der Waals surface area contributed by atoms with Crippen LogP contribution < -0.4 is 4.74 Å². The van der Waals surface area contributed by atoms with Crippen LogP contribution in [0.15, 0.2) is 48.5 Å². The standard InChI is InChI=1S/C12H16O2.C7H6O2/c1-2-3-4-9-14-12-7-5-11(10-13)6-8-12;8-5-6-1-3-7(9)4-2-6/h5-8,10H,2-4,9H2,1H3;1-5,9H. The molecule has 0 aliphatic rings. The number of phenolic OH excluding ortho intramolecular Hbond substituents is 1. The molecule has 122 valence electrons. The van der Waals surface area contributed by atoms with Crippen molar-refractivity contribution in [2.24, 2.45) is 0 Å². The zero-order chi connectivity index (χ0) is 16.9. The Hall–Kier alpha value is -2.62. The van der Waals surface area contributed by atoms with Crippen molar-refractivity contribution < 1.29 is 19.4 Å². The van der Waals surface area contributed by atoms with E-state index >= 15 is 0 Å². The Kier molecular flexibility index (Phi) is 8.83. The number of phenols is 1. The van der Waals surface area contributed by atoms with Crippen molar-refractivity contribution >= 4 is 12.6 Å². The van der Waals surface area contributed by atoms with Crippen LogP contribution in [0, 0.1) is 0 Å². The topological polar surface area (TPSA) is 63.6 Å². The van der Waals surface area contributed by atoms with Crippen LogP contribution in [0.3, 0.4) is 0 Å². The lowest BCUT2D eigenvalue weighted by Gasteiger charge is -2.04. The highest BCUT2D eigenvalue weighted by Gasteiger charge is 1.94. The molecule has 0 amide bonds. The molecule has 2 aromatic rings. The number of aldehydes is 2. The first-order valence-electron chi connectivity index (χ1n) is 7.62. The van der Waals surface area contributed by atoms with Gasteiger partial charge in [0.05, 0.1) is 6.61 Å². The predicted octanol–water partition coefficient (Wildman–Crippen LogP) is 4.27. The minimum atomic E-state index is 0.181. The summed E-state index contributed by atoms with van der Waals surface area (Å²) < 4.78 is 5.49. The molecule has 0 atom stereocenters. The van der Waals surface area contributed by atoms with Crippen molar-refractivity contribution in [3.05, 3.63) is 59.7 Å². The van der Waals surface area contributed by atoms with Crippen molar-refractivity contribution in [3.8, 4) is 11.5 Å². The molecule has 23 heavy (non-hydrogen) atoms. The Morgan fingerprint density at radius 2 is 1.39 bits per heavy atom. The SMILES string of the molecule is CCCCCOc1ccc(C=O)cc1.O=Cc1ccc(O)cc1. The van der Waals surface area contributed by atoms with Gasteiger partial charge in [-0.2, -0.15) is 0 Å². The third-order valence-electron chi connectivity index (χ3n) is 3.06. The smallest absolute Gasteiger partial charge is 0.150 e. The van der Waals surface area contributed by atoms with Gasteiger partial charge in [0.2, 0.25) is 0 Å². The lowest BCUT2D eigenvalue weighted by Crippen LogP contribution is -1.96. The highest BCUT2D eigenvalue weighted by molar-refractivity contribution is 5.75.